The number of amides is 1. The van der Waals surface area contributed by atoms with Crippen molar-refractivity contribution >= 4 is 46.3 Å². The van der Waals surface area contributed by atoms with Gasteiger partial charge in [-0.1, -0.05) is 66.8 Å². The molecule has 0 unspecified atom stereocenters. The van der Waals surface area contributed by atoms with Crippen LogP contribution in [-0.4, -0.2) is 41.4 Å². The fourth-order valence-electron chi connectivity index (χ4n) is 3.25. The molecule has 0 bridgehead atoms. The van der Waals surface area contributed by atoms with Gasteiger partial charge in [-0.15, -0.1) is 0 Å². The maximum atomic E-state index is 12.8. The summed E-state index contributed by atoms with van der Waals surface area (Å²) in [7, 11) is 1.59. The van der Waals surface area contributed by atoms with Crippen molar-refractivity contribution in [2.75, 3.05) is 20.3 Å². The van der Waals surface area contributed by atoms with Crippen LogP contribution in [0, 0.1) is 6.92 Å². The van der Waals surface area contributed by atoms with Crippen LogP contribution >= 0.6 is 24.0 Å². The highest BCUT2D eigenvalue weighted by atomic mass is 32.2. The van der Waals surface area contributed by atoms with Crippen molar-refractivity contribution in [3.05, 3.63) is 64.1 Å². The van der Waals surface area contributed by atoms with E-state index in [4.69, 9.17) is 26.4 Å². The fraction of sp³-hybridized carbons (Fsp3) is 0.346. The van der Waals surface area contributed by atoms with Gasteiger partial charge in [-0.25, -0.2) is 0 Å². The molecule has 1 fully saturated rings. The second kappa shape index (κ2) is 12.6. The lowest BCUT2D eigenvalue weighted by Gasteiger charge is -2.14. The Morgan fingerprint density at radius 2 is 1.91 bits per heavy atom. The van der Waals surface area contributed by atoms with E-state index in [1.54, 1.807) is 13.2 Å². The Labute approximate surface area is 210 Å². The van der Waals surface area contributed by atoms with E-state index in [9.17, 15) is 9.59 Å². The standard InChI is InChI=1S/C26H29NO5S2/c1-4-14-31-24(28)6-5-13-27-25(29)23(34-26(27)33)16-20-11-12-21(22(15-20)30-3)32-17-19-9-7-18(2)8-10-19/h7-12,15-16H,4-6,13-14,17H2,1-3H3/b23-16-. The van der Waals surface area contributed by atoms with Crippen LogP contribution in [0.15, 0.2) is 47.4 Å². The Balaban J connectivity index is 1.61. The first-order valence-corrected chi connectivity index (χ1v) is 12.4. The molecular formula is C26H29NO5S2. The van der Waals surface area contributed by atoms with Gasteiger partial charge in [0.25, 0.3) is 5.91 Å². The lowest BCUT2D eigenvalue weighted by molar-refractivity contribution is -0.144. The van der Waals surface area contributed by atoms with E-state index in [0.717, 1.165) is 17.5 Å². The third-order valence-electron chi connectivity index (χ3n) is 5.10. The van der Waals surface area contributed by atoms with Gasteiger partial charge >= 0.3 is 5.97 Å². The molecule has 1 aliphatic rings. The molecule has 0 aliphatic carbocycles. The highest BCUT2D eigenvalue weighted by Gasteiger charge is 2.31. The molecule has 34 heavy (non-hydrogen) atoms. The summed E-state index contributed by atoms with van der Waals surface area (Å²) in [5, 5.41) is 0. The third-order valence-corrected chi connectivity index (χ3v) is 6.48. The molecule has 0 radical (unpaired) electrons. The quantitative estimate of drug-likeness (QED) is 0.229. The van der Waals surface area contributed by atoms with Crippen LogP contribution in [0.3, 0.4) is 0 Å². The number of nitrogens with zero attached hydrogens (tertiary/aromatic N) is 1. The van der Waals surface area contributed by atoms with Crippen LogP contribution in [0.1, 0.15) is 42.9 Å². The van der Waals surface area contributed by atoms with Gasteiger partial charge in [-0.05, 0) is 49.1 Å². The monoisotopic (exact) mass is 499 g/mol. The van der Waals surface area contributed by atoms with E-state index in [-0.39, 0.29) is 18.3 Å². The van der Waals surface area contributed by atoms with Crippen LogP contribution < -0.4 is 9.47 Å². The number of carbonyl (C=O) groups excluding carboxylic acids is 2. The first kappa shape index (κ1) is 25.8. The molecule has 0 saturated carbocycles. The number of hydrogen-bond donors (Lipinski definition) is 0. The number of esters is 1. The summed E-state index contributed by atoms with van der Waals surface area (Å²) in [5.41, 5.74) is 3.08. The number of ether oxygens (including phenoxy) is 3. The molecule has 1 saturated heterocycles. The largest absolute Gasteiger partial charge is 0.493 e. The molecule has 1 heterocycles. The molecular weight excluding hydrogens is 470 g/mol. The van der Waals surface area contributed by atoms with Crippen molar-refractivity contribution in [3.63, 3.8) is 0 Å². The van der Waals surface area contributed by atoms with Crippen molar-refractivity contribution in [2.24, 2.45) is 0 Å². The van der Waals surface area contributed by atoms with E-state index in [0.29, 0.717) is 46.9 Å². The lowest BCUT2D eigenvalue weighted by atomic mass is 10.1. The Morgan fingerprint density at radius 3 is 2.62 bits per heavy atom. The summed E-state index contributed by atoms with van der Waals surface area (Å²) < 4.78 is 17.0. The summed E-state index contributed by atoms with van der Waals surface area (Å²) >= 11 is 6.64. The van der Waals surface area contributed by atoms with Crippen molar-refractivity contribution in [3.8, 4) is 11.5 Å². The van der Waals surface area contributed by atoms with Crippen LogP contribution in [0.25, 0.3) is 6.08 Å². The average Bonchev–Trinajstić information content (AvgIpc) is 3.10. The SMILES string of the molecule is CCCOC(=O)CCCN1C(=O)/C(=C/c2ccc(OCc3ccc(C)cc3)c(OC)c2)SC1=S. The highest BCUT2D eigenvalue weighted by Crippen LogP contribution is 2.35. The number of hydrogen-bond acceptors (Lipinski definition) is 7. The van der Waals surface area contributed by atoms with Gasteiger partial charge < -0.3 is 14.2 Å². The van der Waals surface area contributed by atoms with Crippen LogP contribution in [0.5, 0.6) is 11.5 Å². The molecule has 180 valence electrons. The van der Waals surface area contributed by atoms with Gasteiger partial charge in [0, 0.05) is 13.0 Å². The Kier molecular flexibility index (Phi) is 9.53. The zero-order valence-corrected chi connectivity index (χ0v) is 21.3. The Hall–Kier alpha value is -2.84. The Bertz CT molecular complexity index is 1070. The zero-order valence-electron chi connectivity index (χ0n) is 19.7. The minimum absolute atomic E-state index is 0.157. The molecule has 1 amide bonds. The second-order valence-electron chi connectivity index (χ2n) is 7.84. The number of aryl methyl sites for hydroxylation is 1. The van der Waals surface area contributed by atoms with E-state index in [1.165, 1.54) is 22.2 Å². The van der Waals surface area contributed by atoms with Crippen LogP contribution in [0.2, 0.25) is 0 Å². The van der Waals surface area contributed by atoms with Crippen LogP contribution in [-0.2, 0) is 20.9 Å². The minimum atomic E-state index is -0.250. The van der Waals surface area contributed by atoms with Gasteiger partial charge in [-0.2, -0.15) is 0 Å². The lowest BCUT2D eigenvalue weighted by Crippen LogP contribution is -2.29. The smallest absolute Gasteiger partial charge is 0.305 e. The number of thiocarbonyl (C=S) groups is 1. The van der Waals surface area contributed by atoms with Crippen molar-refractivity contribution < 1.29 is 23.8 Å². The molecule has 2 aromatic rings. The Morgan fingerprint density at radius 1 is 1.15 bits per heavy atom. The maximum absolute atomic E-state index is 12.8. The molecule has 3 rings (SSSR count). The normalized spacial score (nSPS) is 14.6. The number of rotatable bonds is 11. The van der Waals surface area contributed by atoms with Gasteiger partial charge in [0.2, 0.25) is 0 Å². The summed E-state index contributed by atoms with van der Waals surface area (Å²) in [5.74, 6) is 0.805. The summed E-state index contributed by atoms with van der Waals surface area (Å²) in [4.78, 5) is 26.6. The van der Waals surface area contributed by atoms with Crippen molar-refractivity contribution in [1.82, 2.24) is 4.90 Å². The van der Waals surface area contributed by atoms with Crippen molar-refractivity contribution in [2.45, 2.75) is 39.7 Å². The maximum Gasteiger partial charge on any atom is 0.305 e. The summed E-state index contributed by atoms with van der Waals surface area (Å²) in [6, 6.07) is 13.7. The number of carbonyl (C=O) groups is 2. The summed E-state index contributed by atoms with van der Waals surface area (Å²) in [6.45, 7) is 5.23. The third kappa shape index (κ3) is 7.08. The molecule has 0 spiro atoms. The topological polar surface area (TPSA) is 65.1 Å². The predicted octanol–water partition coefficient (Wildman–Crippen LogP) is 5.52. The second-order valence-corrected chi connectivity index (χ2v) is 9.52. The first-order chi connectivity index (χ1) is 16.4. The van der Waals surface area contributed by atoms with E-state index in [2.05, 4.69) is 0 Å². The molecule has 0 aromatic heterocycles. The van der Waals surface area contributed by atoms with E-state index in [1.807, 2.05) is 56.3 Å². The first-order valence-electron chi connectivity index (χ1n) is 11.2. The molecule has 6 nitrogen and oxygen atoms in total. The predicted molar refractivity (Wildman–Crippen MR) is 139 cm³/mol. The zero-order chi connectivity index (χ0) is 24.5. The highest BCUT2D eigenvalue weighted by molar-refractivity contribution is 8.26. The molecule has 0 N–H and O–H groups in total. The van der Waals surface area contributed by atoms with Crippen LogP contribution in [0.4, 0.5) is 0 Å². The van der Waals surface area contributed by atoms with Gasteiger partial charge in [0.05, 0.1) is 18.6 Å². The minimum Gasteiger partial charge on any atom is -0.493 e. The average molecular weight is 500 g/mol. The van der Waals surface area contributed by atoms with Gasteiger partial charge in [0.1, 0.15) is 10.9 Å². The van der Waals surface area contributed by atoms with E-state index >= 15 is 0 Å². The number of methoxy groups -OCH3 is 1. The molecule has 8 heteroatoms. The summed E-state index contributed by atoms with van der Waals surface area (Å²) in [6.07, 6.45) is 3.34. The van der Waals surface area contributed by atoms with E-state index < -0.39 is 0 Å². The van der Waals surface area contributed by atoms with Crippen molar-refractivity contribution in [1.29, 1.82) is 0 Å². The molecule has 2 aromatic carbocycles. The fourth-order valence-corrected chi connectivity index (χ4v) is 4.56. The molecule has 0 atom stereocenters. The molecule has 1 aliphatic heterocycles. The number of thioether (sulfide) groups is 1. The van der Waals surface area contributed by atoms with Gasteiger partial charge in [0.15, 0.2) is 11.5 Å². The van der Waals surface area contributed by atoms with Gasteiger partial charge in [-0.3, -0.25) is 14.5 Å². The number of benzene rings is 2.